The molecule has 0 radical (unpaired) electrons. The second kappa shape index (κ2) is 5.49. The molecule has 108 valence electrons. The number of hydrogen-bond donors (Lipinski definition) is 0. The highest BCUT2D eigenvalue weighted by Crippen LogP contribution is 2.49. The highest BCUT2D eigenvalue weighted by atomic mass is 35.5. The van der Waals surface area contributed by atoms with E-state index < -0.39 is 0 Å². The lowest BCUT2D eigenvalue weighted by molar-refractivity contribution is 0.415. The summed E-state index contributed by atoms with van der Waals surface area (Å²) in [6.45, 7) is 1.03. The minimum atomic E-state index is 0.411. The van der Waals surface area contributed by atoms with Gasteiger partial charge >= 0.3 is 0 Å². The molecule has 0 spiro atoms. The van der Waals surface area contributed by atoms with E-state index in [1.165, 1.54) is 18.4 Å². The van der Waals surface area contributed by atoms with Crippen molar-refractivity contribution < 1.29 is 4.74 Å². The number of aryl methyl sites for hydroxylation is 1. The summed E-state index contributed by atoms with van der Waals surface area (Å²) >= 11 is 7.90. The number of fused-ring (bicyclic) bond motifs is 1. The summed E-state index contributed by atoms with van der Waals surface area (Å²) in [5.41, 5.74) is 2.19. The van der Waals surface area contributed by atoms with Gasteiger partial charge in [-0.05, 0) is 31.2 Å². The average molecular weight is 311 g/mol. The van der Waals surface area contributed by atoms with Crippen molar-refractivity contribution in [1.29, 1.82) is 0 Å². The Labute approximate surface area is 128 Å². The van der Waals surface area contributed by atoms with Crippen LogP contribution in [0.15, 0.2) is 18.2 Å². The molecule has 1 aliphatic rings. The number of aromatic nitrogens is 2. The fourth-order valence-electron chi connectivity index (χ4n) is 2.59. The van der Waals surface area contributed by atoms with Gasteiger partial charge in [-0.2, -0.15) is 11.8 Å². The number of ether oxygens (including phenoxy) is 1. The van der Waals surface area contributed by atoms with Gasteiger partial charge in [-0.3, -0.25) is 0 Å². The van der Waals surface area contributed by atoms with E-state index in [1.807, 2.05) is 23.9 Å². The molecule has 1 fully saturated rings. The lowest BCUT2D eigenvalue weighted by Crippen LogP contribution is -2.16. The molecule has 3 nitrogen and oxygen atoms in total. The van der Waals surface area contributed by atoms with Gasteiger partial charge < -0.3 is 9.30 Å². The number of benzene rings is 1. The SMILES string of the molecule is COc1ccc2c(c1)nc(CCCl)n2CC1(SC)CC1. The molecule has 20 heavy (non-hydrogen) atoms. The Morgan fingerprint density at radius 1 is 1.45 bits per heavy atom. The zero-order valence-electron chi connectivity index (χ0n) is 11.9. The first-order valence-corrected chi connectivity index (χ1v) is 8.61. The van der Waals surface area contributed by atoms with Crippen molar-refractivity contribution in [3.63, 3.8) is 0 Å². The van der Waals surface area contributed by atoms with Gasteiger partial charge in [0.1, 0.15) is 11.6 Å². The largest absolute Gasteiger partial charge is 0.497 e. The van der Waals surface area contributed by atoms with E-state index in [0.29, 0.717) is 10.6 Å². The Kier molecular flexibility index (Phi) is 3.87. The maximum Gasteiger partial charge on any atom is 0.121 e. The van der Waals surface area contributed by atoms with Crippen molar-refractivity contribution in [2.45, 2.75) is 30.6 Å². The third-order valence-corrected chi connectivity index (χ3v) is 5.63. The maximum absolute atomic E-state index is 5.93. The molecule has 3 rings (SSSR count). The standard InChI is InChI=1S/C15H19ClN2OS/c1-19-11-3-4-13-12(9-11)17-14(5-8-16)18(13)10-15(20-2)6-7-15/h3-4,9H,5-8,10H2,1-2H3. The first-order valence-electron chi connectivity index (χ1n) is 6.85. The molecule has 0 N–H and O–H groups in total. The van der Waals surface area contributed by atoms with Gasteiger partial charge in [0.15, 0.2) is 0 Å². The summed E-state index contributed by atoms with van der Waals surface area (Å²) in [5.74, 6) is 2.54. The van der Waals surface area contributed by atoms with Crippen LogP contribution in [-0.4, -0.2) is 33.5 Å². The second-order valence-electron chi connectivity index (χ2n) is 5.29. The number of nitrogens with zero attached hydrogens (tertiary/aromatic N) is 2. The predicted molar refractivity (Wildman–Crippen MR) is 86.2 cm³/mol. The molecule has 0 saturated heterocycles. The Hall–Kier alpha value is -0.870. The Balaban J connectivity index is 2.04. The number of thioether (sulfide) groups is 1. The van der Waals surface area contributed by atoms with Crippen molar-refractivity contribution >= 4 is 34.4 Å². The van der Waals surface area contributed by atoms with Gasteiger partial charge in [-0.15, -0.1) is 11.6 Å². The lowest BCUT2D eigenvalue weighted by atomic mass is 10.3. The Morgan fingerprint density at radius 3 is 2.85 bits per heavy atom. The quantitative estimate of drug-likeness (QED) is 0.761. The minimum absolute atomic E-state index is 0.411. The molecule has 1 aliphatic carbocycles. The fraction of sp³-hybridized carbons (Fsp3) is 0.533. The molecule has 1 aromatic heterocycles. The average Bonchev–Trinajstić information content (AvgIpc) is 3.17. The molecule has 5 heteroatoms. The molecule has 2 aromatic rings. The topological polar surface area (TPSA) is 27.1 Å². The van der Waals surface area contributed by atoms with Crippen LogP contribution in [0.4, 0.5) is 0 Å². The van der Waals surface area contributed by atoms with Crippen molar-refractivity contribution in [3.8, 4) is 5.75 Å². The molecule has 0 atom stereocenters. The first-order chi connectivity index (χ1) is 9.71. The Bertz CT molecular complexity index is 622. The lowest BCUT2D eigenvalue weighted by Gasteiger charge is -2.16. The highest BCUT2D eigenvalue weighted by Gasteiger charge is 2.42. The van der Waals surface area contributed by atoms with E-state index in [4.69, 9.17) is 21.3 Å². The van der Waals surface area contributed by atoms with E-state index in [-0.39, 0.29) is 0 Å². The van der Waals surface area contributed by atoms with Crippen LogP contribution in [0.2, 0.25) is 0 Å². The van der Waals surface area contributed by atoms with Gasteiger partial charge in [-0.1, -0.05) is 0 Å². The van der Waals surface area contributed by atoms with Crippen molar-refractivity contribution in [2.24, 2.45) is 0 Å². The van der Waals surface area contributed by atoms with Crippen LogP contribution in [0, 0.1) is 0 Å². The van der Waals surface area contributed by atoms with Crippen LogP contribution in [0.1, 0.15) is 18.7 Å². The molecular weight excluding hydrogens is 292 g/mol. The molecule has 1 saturated carbocycles. The van der Waals surface area contributed by atoms with E-state index in [0.717, 1.165) is 30.1 Å². The summed E-state index contributed by atoms with van der Waals surface area (Å²) in [5, 5.41) is 0. The third kappa shape index (κ3) is 2.51. The molecule has 0 bridgehead atoms. The summed E-state index contributed by atoms with van der Waals surface area (Å²) in [6, 6.07) is 6.11. The maximum atomic E-state index is 5.93. The van der Waals surface area contributed by atoms with Gasteiger partial charge in [0.2, 0.25) is 0 Å². The monoisotopic (exact) mass is 310 g/mol. The molecule has 0 amide bonds. The summed E-state index contributed by atoms with van der Waals surface area (Å²) in [6.07, 6.45) is 5.61. The molecule has 1 heterocycles. The smallest absolute Gasteiger partial charge is 0.121 e. The van der Waals surface area contributed by atoms with Crippen molar-refractivity contribution in [1.82, 2.24) is 9.55 Å². The van der Waals surface area contributed by atoms with Crippen molar-refractivity contribution in [2.75, 3.05) is 19.2 Å². The van der Waals surface area contributed by atoms with Crippen LogP contribution >= 0.6 is 23.4 Å². The number of methoxy groups -OCH3 is 1. The predicted octanol–water partition coefficient (Wildman–Crippen LogP) is 3.72. The fourth-order valence-corrected chi connectivity index (χ4v) is 3.53. The van der Waals surface area contributed by atoms with Crippen LogP contribution in [0.25, 0.3) is 11.0 Å². The number of hydrogen-bond acceptors (Lipinski definition) is 3. The zero-order valence-corrected chi connectivity index (χ0v) is 13.4. The summed E-state index contributed by atoms with van der Waals surface area (Å²) in [7, 11) is 1.69. The zero-order chi connectivity index (χ0) is 14.2. The first kappa shape index (κ1) is 14.1. The van der Waals surface area contributed by atoms with Crippen LogP contribution < -0.4 is 4.74 Å². The number of halogens is 1. The molecule has 0 unspecified atom stereocenters. The van der Waals surface area contributed by atoms with Crippen molar-refractivity contribution in [3.05, 3.63) is 24.0 Å². The van der Waals surface area contributed by atoms with Gasteiger partial charge in [0, 0.05) is 29.7 Å². The van der Waals surface area contributed by atoms with E-state index in [2.05, 4.69) is 16.9 Å². The van der Waals surface area contributed by atoms with E-state index in [1.54, 1.807) is 7.11 Å². The minimum Gasteiger partial charge on any atom is -0.497 e. The molecular formula is C15H19ClN2OS. The number of rotatable bonds is 6. The van der Waals surface area contributed by atoms with Gasteiger partial charge in [0.05, 0.1) is 18.1 Å². The van der Waals surface area contributed by atoms with E-state index in [9.17, 15) is 0 Å². The van der Waals surface area contributed by atoms with Gasteiger partial charge in [0.25, 0.3) is 0 Å². The molecule has 0 aliphatic heterocycles. The number of imidazole rings is 1. The number of alkyl halides is 1. The Morgan fingerprint density at radius 2 is 2.25 bits per heavy atom. The van der Waals surface area contributed by atoms with Crippen LogP contribution in [0.3, 0.4) is 0 Å². The third-order valence-electron chi connectivity index (χ3n) is 4.04. The molecule has 1 aromatic carbocycles. The summed E-state index contributed by atoms with van der Waals surface area (Å²) < 4.78 is 8.05. The summed E-state index contributed by atoms with van der Waals surface area (Å²) in [4.78, 5) is 4.75. The van der Waals surface area contributed by atoms with Crippen LogP contribution in [-0.2, 0) is 13.0 Å². The second-order valence-corrected chi connectivity index (χ2v) is 6.95. The normalized spacial score (nSPS) is 16.6. The van der Waals surface area contributed by atoms with Crippen LogP contribution in [0.5, 0.6) is 5.75 Å². The van der Waals surface area contributed by atoms with Gasteiger partial charge in [-0.25, -0.2) is 4.98 Å². The van der Waals surface area contributed by atoms with E-state index >= 15 is 0 Å². The highest BCUT2D eigenvalue weighted by molar-refractivity contribution is 8.00.